The van der Waals surface area contributed by atoms with Crippen LogP contribution in [0.2, 0.25) is 20.1 Å². The minimum absolute atomic E-state index is 0.0233. The number of carbonyl (C=O) groups is 9. The van der Waals surface area contributed by atoms with Crippen molar-refractivity contribution in [1.29, 1.82) is 10.5 Å². The number of nitriles is 2. The van der Waals surface area contributed by atoms with E-state index in [0.29, 0.717) is 128 Å². The Morgan fingerprint density at radius 2 is 0.818 bits per heavy atom. The Balaban J connectivity index is 0.000000150. The van der Waals surface area contributed by atoms with Crippen LogP contribution in [0.1, 0.15) is 146 Å². The summed E-state index contributed by atoms with van der Waals surface area (Å²) < 4.78 is 83.0. The van der Waals surface area contributed by atoms with Crippen molar-refractivity contribution in [2.24, 2.45) is 22.9 Å². The topological polar surface area (TPSA) is 369 Å². The number of aryl methyl sites for hydroxylation is 1. The highest BCUT2D eigenvalue weighted by Gasteiger charge is 2.39. The van der Waals surface area contributed by atoms with E-state index in [1.807, 2.05) is 31.2 Å². The third-order valence-electron chi connectivity index (χ3n) is 22.0. The predicted octanol–water partition coefficient (Wildman–Crippen LogP) is 20.6. The largest absolute Gasteiger partial charge is 0.493 e. The number of benzene rings is 12. The summed E-state index contributed by atoms with van der Waals surface area (Å²) >= 11 is 24.6. The summed E-state index contributed by atoms with van der Waals surface area (Å²) in [4.78, 5) is 118. The van der Waals surface area contributed by atoms with Crippen molar-refractivity contribution in [3.05, 3.63) is 352 Å². The summed E-state index contributed by atoms with van der Waals surface area (Å²) in [5.41, 5.74) is 28.1. The number of anilines is 4. The predicted molar refractivity (Wildman–Crippen MR) is 488 cm³/mol. The summed E-state index contributed by atoms with van der Waals surface area (Å²) in [7, 11) is 1.40. The van der Waals surface area contributed by atoms with Crippen molar-refractivity contribution in [2.45, 2.75) is 62.5 Å². The molecule has 25 nitrogen and oxygen atoms in total. The number of hydrogen-bond acceptors (Lipinski definition) is 16. The zero-order valence-electron chi connectivity index (χ0n) is 69.8. The molecule has 8 N–H and O–H groups in total. The van der Waals surface area contributed by atoms with Crippen LogP contribution >= 0.6 is 46.4 Å². The molecule has 0 unspecified atom stereocenters. The summed E-state index contributed by atoms with van der Waals surface area (Å²) in [5, 5.41) is 19.8. The molecule has 666 valence electrons. The number of carbonyl (C=O) groups excluding carboxylic acids is 9. The van der Waals surface area contributed by atoms with E-state index >= 15 is 0 Å². The molecule has 16 rings (SSSR count). The van der Waals surface area contributed by atoms with Gasteiger partial charge in [-0.3, -0.25) is 43.2 Å². The molecular formula is C99H75Cl4F4N11O14. The number of amides is 8. The molecule has 4 saturated heterocycles. The van der Waals surface area contributed by atoms with Crippen molar-refractivity contribution >= 4 is 128 Å². The normalized spacial score (nSPS) is 15.5. The van der Waals surface area contributed by atoms with Crippen LogP contribution in [0.5, 0.6) is 51.7 Å². The molecule has 8 amide bonds. The first-order valence-corrected chi connectivity index (χ1v) is 41.8. The second-order valence-corrected chi connectivity index (χ2v) is 32.2. The monoisotopic (exact) mass is 1860 g/mol. The second kappa shape index (κ2) is 41.2. The van der Waals surface area contributed by atoms with Gasteiger partial charge in [-0.05, 0) is 199 Å². The molecule has 12 aromatic rings. The molecule has 132 heavy (non-hydrogen) atoms. The lowest BCUT2D eigenvalue weighted by atomic mass is 9.96. The summed E-state index contributed by atoms with van der Waals surface area (Å²) in [5.74, 6) is -2.39. The van der Waals surface area contributed by atoms with Crippen LogP contribution in [-0.2, 0) is 25.4 Å². The fourth-order valence-corrected chi connectivity index (χ4v) is 16.1. The molecule has 0 radical (unpaired) electrons. The third kappa shape index (κ3) is 21.9. The van der Waals surface area contributed by atoms with E-state index in [1.165, 1.54) is 42.3 Å². The van der Waals surface area contributed by atoms with Gasteiger partial charge in [0.1, 0.15) is 46.6 Å². The smallest absolute Gasteiger partial charge is 0.417 e. The van der Waals surface area contributed by atoms with Crippen LogP contribution in [-0.4, -0.2) is 86.8 Å². The molecule has 0 bridgehead atoms. The molecule has 0 saturated carbocycles. The first-order chi connectivity index (χ1) is 63.2. The lowest BCUT2D eigenvalue weighted by molar-refractivity contribution is -0.138. The number of halogens is 8. The van der Waals surface area contributed by atoms with Gasteiger partial charge in [0.2, 0.25) is 58.7 Å². The van der Waals surface area contributed by atoms with Crippen molar-refractivity contribution in [1.82, 2.24) is 0 Å². The molecule has 0 aromatic heterocycles. The Morgan fingerprint density at radius 1 is 0.439 bits per heavy atom. The molecule has 4 fully saturated rings. The van der Waals surface area contributed by atoms with E-state index in [-0.39, 0.29) is 117 Å². The van der Waals surface area contributed by atoms with Crippen LogP contribution in [0.25, 0.3) is 4.85 Å². The van der Waals surface area contributed by atoms with Crippen LogP contribution < -0.4 is 66.2 Å². The molecular weight excluding hydrogens is 1780 g/mol. The van der Waals surface area contributed by atoms with Gasteiger partial charge in [-0.25, -0.2) is 9.24 Å². The summed E-state index contributed by atoms with van der Waals surface area (Å²) in [6.07, 6.45) is -3.80. The molecule has 33 heteroatoms. The van der Waals surface area contributed by atoms with Crippen molar-refractivity contribution in [2.75, 3.05) is 52.9 Å². The first kappa shape index (κ1) is 94.0. The van der Waals surface area contributed by atoms with Gasteiger partial charge in [-0.1, -0.05) is 125 Å². The number of methoxy groups -OCH3 is 1. The van der Waals surface area contributed by atoms with Gasteiger partial charge < -0.3 is 66.2 Å². The van der Waals surface area contributed by atoms with E-state index in [0.717, 1.165) is 28.3 Å². The number of hydrogen-bond donors (Lipinski definition) is 4. The minimum Gasteiger partial charge on any atom is -0.493 e. The number of ether oxygens (including phenoxy) is 5. The maximum Gasteiger partial charge on any atom is 0.417 e. The number of para-hydroxylation sites is 2. The van der Waals surface area contributed by atoms with Gasteiger partial charge in [-0.2, -0.15) is 23.7 Å². The maximum atomic E-state index is 14.4. The van der Waals surface area contributed by atoms with E-state index in [4.69, 9.17) is 99.6 Å². The number of aldehydes is 1. The highest BCUT2D eigenvalue weighted by Crippen LogP contribution is 2.47. The van der Waals surface area contributed by atoms with Crippen LogP contribution in [0.4, 0.5) is 46.0 Å². The number of nitrogens with two attached hydrogens (primary N) is 4. The molecule has 12 aromatic carbocycles. The highest BCUT2D eigenvalue weighted by molar-refractivity contribution is 6.33. The third-order valence-corrected chi connectivity index (χ3v) is 23.2. The zero-order chi connectivity index (χ0) is 94.5. The Hall–Kier alpha value is -15.6. The van der Waals surface area contributed by atoms with Gasteiger partial charge in [0, 0.05) is 126 Å². The number of primary amides is 4. The SMILES string of the molecule is Cc1cccc(Cl)c1Oc1cc([C@H]2CC(=O)N(c3cccc(C(N)=O)c3)C2)ccc1C#N.N#Cc1ccc([C@H]2CC(=O)N(c3cccc(C(N)=O)c3)C2)cc1Oc1cccc(Cl)c1.NC(=O)c1cccc(N2C[C@@H](c3ccc(Cl)c(Oc4c(Cl)ccc(C(F)(F)F)c4C=O)c3)CC2=O)c1.[C-]#[N+]c1ccc([C@H]2CC(=O)N(c3cccc(C(N)=O)c3)C2)cc1Oc1c(F)cccc1OC. The Labute approximate surface area is 773 Å². The Bertz CT molecular complexity index is 6720. The van der Waals surface area contributed by atoms with Gasteiger partial charge >= 0.3 is 6.18 Å². The number of nitrogens with zero attached hydrogens (tertiary/aromatic N) is 7. The fourth-order valence-electron chi connectivity index (χ4n) is 15.3. The molecule has 4 heterocycles. The molecule has 4 atom stereocenters. The van der Waals surface area contributed by atoms with Crippen molar-refractivity contribution in [3.63, 3.8) is 0 Å². The summed E-state index contributed by atoms with van der Waals surface area (Å²) in [6.45, 7) is 10.8. The van der Waals surface area contributed by atoms with Gasteiger partial charge in [0.15, 0.2) is 23.6 Å². The lowest BCUT2D eigenvalue weighted by Crippen LogP contribution is -2.24. The Morgan fingerprint density at radius 3 is 1.23 bits per heavy atom. The maximum absolute atomic E-state index is 14.4. The minimum atomic E-state index is -4.80. The zero-order valence-corrected chi connectivity index (χ0v) is 72.8. The van der Waals surface area contributed by atoms with Crippen molar-refractivity contribution < 1.29 is 84.4 Å². The number of rotatable bonds is 22. The average Bonchev–Trinajstić information content (AvgIpc) is 1.54. The highest BCUT2D eigenvalue weighted by atomic mass is 35.5. The fraction of sp³-hybridized carbons (Fsp3) is 0.152. The molecule has 0 spiro atoms. The molecule has 4 aliphatic rings. The van der Waals surface area contributed by atoms with Crippen LogP contribution in [0, 0.1) is 42.0 Å². The van der Waals surface area contributed by atoms with Crippen LogP contribution in [0.3, 0.4) is 0 Å². The van der Waals surface area contributed by atoms with Gasteiger partial charge in [-0.15, -0.1) is 0 Å². The lowest BCUT2D eigenvalue weighted by Gasteiger charge is -2.19. The standard InChI is InChI=1S/C25H17Cl2F3N2O4.C25H20ClN3O3.C25H20FN3O4.C24H18ClN3O3/c26-19-6-4-13(15-10-22(34)32(11-15)16-3-1-2-14(8-16)24(31)35)9-21(19)36-23-17(12-33)18(25(28,29)30)5-7-20(23)27;1-15-4-2-7-21(26)24(15)32-22-11-16(8-9-18(22)13-27)19-12-23(30)29(14-19)20-6-3-5-17(10-20)25(28)31;1-28-20-10-9-15(12-22(20)33-24-19(26)7-4-8-21(24)32-2)17-13-23(30)29(14-17)18-6-3-5-16(11-18)25(27)31;25-19-4-2-6-21(12-19)31-22-10-15(7-8-17(22)13-26)18-11-23(29)28(14-18)20-5-1-3-16(9-20)24(27)30/h1-9,12,15H,10-11H2,(H2,31,35);2-11,19H,12,14H2,1H3,(H2,28,31);3-12,17H,13-14H2,2H3,(H2,27,31);1-10,12,18H,11,14H2,(H2,27,30)/t15-;19-;17-;18-/m0000/s1. The summed E-state index contributed by atoms with van der Waals surface area (Å²) in [6, 6.07) is 69.3. The van der Waals surface area contributed by atoms with Gasteiger partial charge in [0.05, 0.1) is 51.0 Å². The van der Waals surface area contributed by atoms with E-state index in [1.54, 1.807) is 191 Å². The first-order valence-electron chi connectivity index (χ1n) is 40.3. The van der Waals surface area contributed by atoms with Crippen LogP contribution in [0.15, 0.2) is 243 Å². The van der Waals surface area contributed by atoms with Crippen molar-refractivity contribution in [3.8, 4) is 63.9 Å². The van der Waals surface area contributed by atoms with Gasteiger partial charge in [0.25, 0.3) is 0 Å². The number of alkyl halides is 3. The average molecular weight is 1860 g/mol. The Kier molecular flexibility index (Phi) is 29.4. The van der Waals surface area contributed by atoms with E-state index in [9.17, 15) is 71.2 Å². The second-order valence-electron chi connectivity index (χ2n) is 30.5. The molecule has 0 aliphatic carbocycles. The van der Waals surface area contributed by atoms with E-state index < -0.39 is 52.5 Å². The van der Waals surface area contributed by atoms with E-state index in [2.05, 4.69) is 17.0 Å². The quantitative estimate of drug-likeness (QED) is 0.0278. The molecule has 4 aliphatic heterocycles.